The molecule has 0 amide bonds. The van der Waals surface area contributed by atoms with Crippen LogP contribution in [-0.2, 0) is 25.7 Å². The highest BCUT2D eigenvalue weighted by molar-refractivity contribution is 9.10. The second-order valence-corrected chi connectivity index (χ2v) is 7.87. The van der Waals surface area contributed by atoms with Crippen LogP contribution in [0.25, 0.3) is 11.0 Å². The Bertz CT molecular complexity index is 1230. The molecule has 1 aliphatic heterocycles. The maximum Gasteiger partial charge on any atom is 0.374 e. The number of rotatable bonds is 8. The number of oxime groups is 1. The number of hydrogen-bond acceptors (Lipinski definition) is 9. The lowest BCUT2D eigenvalue weighted by atomic mass is 10.1. The summed E-state index contributed by atoms with van der Waals surface area (Å²) in [5.74, 6) is -0.00215. The van der Waals surface area contributed by atoms with Gasteiger partial charge >= 0.3 is 11.9 Å². The second kappa shape index (κ2) is 9.95. The van der Waals surface area contributed by atoms with Gasteiger partial charge in [0.1, 0.15) is 12.2 Å². The predicted molar refractivity (Wildman–Crippen MR) is 120 cm³/mol. The van der Waals surface area contributed by atoms with E-state index in [2.05, 4.69) is 21.1 Å². The van der Waals surface area contributed by atoms with Crippen molar-refractivity contribution < 1.29 is 37.8 Å². The number of hydrogen-bond donors (Lipinski definition) is 0. The molecule has 4 rings (SSSR count). The zero-order chi connectivity index (χ0) is 23.4. The van der Waals surface area contributed by atoms with E-state index in [1.165, 1.54) is 0 Å². The van der Waals surface area contributed by atoms with Gasteiger partial charge in [-0.15, -0.1) is 0 Å². The molecule has 0 atom stereocenters. The van der Waals surface area contributed by atoms with E-state index in [9.17, 15) is 9.59 Å². The summed E-state index contributed by atoms with van der Waals surface area (Å²) >= 11 is 3.39. The summed E-state index contributed by atoms with van der Waals surface area (Å²) in [6.45, 7) is 3.20. The standard InChI is InChI=1S/C23H20BrNO8/c1-3-28-23(27)22-17(16-9-15(24)5-7-18(16)33-22)10-29-21(26)11-32-25-13(2)14-4-6-19-20(8-14)31-12-30-19/h4-9H,3,10-12H2,1-2H3/b25-13-. The van der Waals surface area contributed by atoms with Crippen LogP contribution in [0.15, 0.2) is 50.4 Å². The number of carbonyl (C=O) groups excluding carboxylic acids is 2. The van der Waals surface area contributed by atoms with E-state index in [1.807, 2.05) is 6.07 Å². The van der Waals surface area contributed by atoms with Crippen molar-refractivity contribution in [3.63, 3.8) is 0 Å². The minimum atomic E-state index is -0.656. The lowest BCUT2D eigenvalue weighted by molar-refractivity contribution is -0.150. The molecule has 33 heavy (non-hydrogen) atoms. The molecule has 0 unspecified atom stereocenters. The van der Waals surface area contributed by atoms with Crippen LogP contribution in [-0.4, -0.2) is 37.7 Å². The Hall–Kier alpha value is -3.53. The SMILES string of the molecule is CCOC(=O)c1oc2ccc(Br)cc2c1COC(=O)CO/N=C(/C)c1ccc2c(c1)OCO2. The van der Waals surface area contributed by atoms with E-state index in [0.717, 1.165) is 10.0 Å². The van der Waals surface area contributed by atoms with Crippen LogP contribution in [0.3, 0.4) is 0 Å². The van der Waals surface area contributed by atoms with Crippen LogP contribution in [0.4, 0.5) is 0 Å². The van der Waals surface area contributed by atoms with E-state index < -0.39 is 18.5 Å². The normalized spacial score (nSPS) is 12.6. The lowest BCUT2D eigenvalue weighted by Gasteiger charge is -2.06. The Morgan fingerprint density at radius 2 is 1.91 bits per heavy atom. The van der Waals surface area contributed by atoms with Gasteiger partial charge in [-0.25, -0.2) is 9.59 Å². The number of nitrogens with zero attached hydrogens (tertiary/aromatic N) is 1. The van der Waals surface area contributed by atoms with E-state index >= 15 is 0 Å². The van der Waals surface area contributed by atoms with Crippen molar-refractivity contribution in [2.45, 2.75) is 20.5 Å². The highest BCUT2D eigenvalue weighted by Crippen LogP contribution is 2.33. The number of esters is 2. The van der Waals surface area contributed by atoms with Gasteiger partial charge in [-0.3, -0.25) is 0 Å². The van der Waals surface area contributed by atoms with Gasteiger partial charge in [0.2, 0.25) is 19.2 Å². The van der Waals surface area contributed by atoms with Gasteiger partial charge in [0.15, 0.2) is 11.5 Å². The molecule has 172 valence electrons. The highest BCUT2D eigenvalue weighted by Gasteiger charge is 2.23. The molecular formula is C23H20BrNO8. The number of carbonyl (C=O) groups is 2. The zero-order valence-corrected chi connectivity index (χ0v) is 19.5. The largest absolute Gasteiger partial charge is 0.460 e. The maximum atomic E-state index is 12.3. The third-order valence-corrected chi connectivity index (χ3v) is 5.26. The minimum Gasteiger partial charge on any atom is -0.460 e. The van der Waals surface area contributed by atoms with Crippen LogP contribution >= 0.6 is 15.9 Å². The quantitative estimate of drug-likeness (QED) is 0.242. The Balaban J connectivity index is 1.39. The Kier molecular flexibility index (Phi) is 6.83. The fraction of sp³-hybridized carbons (Fsp3) is 0.261. The molecule has 1 aromatic heterocycles. The van der Waals surface area contributed by atoms with Gasteiger partial charge in [-0.2, -0.15) is 0 Å². The van der Waals surface area contributed by atoms with Gasteiger partial charge in [-0.05, 0) is 50.2 Å². The van der Waals surface area contributed by atoms with Crippen molar-refractivity contribution in [2.75, 3.05) is 20.0 Å². The van der Waals surface area contributed by atoms with E-state index in [4.69, 9.17) is 28.2 Å². The first-order valence-corrected chi connectivity index (χ1v) is 10.9. The molecule has 0 N–H and O–H groups in total. The molecule has 0 saturated heterocycles. The van der Waals surface area contributed by atoms with Crippen LogP contribution < -0.4 is 9.47 Å². The fourth-order valence-corrected chi connectivity index (χ4v) is 3.54. The molecule has 0 radical (unpaired) electrons. The monoisotopic (exact) mass is 517 g/mol. The second-order valence-electron chi connectivity index (χ2n) is 6.95. The fourth-order valence-electron chi connectivity index (χ4n) is 3.18. The molecule has 10 heteroatoms. The van der Waals surface area contributed by atoms with Crippen molar-refractivity contribution in [1.82, 2.24) is 0 Å². The molecule has 0 spiro atoms. The first-order valence-electron chi connectivity index (χ1n) is 10.1. The molecule has 1 aliphatic rings. The molecule has 0 bridgehead atoms. The molecule has 3 aromatic rings. The van der Waals surface area contributed by atoms with E-state index in [-0.39, 0.29) is 25.8 Å². The first kappa shape index (κ1) is 22.7. The molecule has 0 fully saturated rings. The van der Waals surface area contributed by atoms with Crippen LogP contribution in [0.5, 0.6) is 11.5 Å². The Labute approximate surface area is 197 Å². The van der Waals surface area contributed by atoms with Gasteiger partial charge in [0.25, 0.3) is 0 Å². The Morgan fingerprint density at radius 3 is 2.73 bits per heavy atom. The summed E-state index contributed by atoms with van der Waals surface area (Å²) in [6.07, 6.45) is 0. The lowest BCUT2D eigenvalue weighted by Crippen LogP contribution is -2.13. The Morgan fingerprint density at radius 1 is 1.09 bits per heavy atom. The number of benzene rings is 2. The third kappa shape index (κ3) is 5.11. The average Bonchev–Trinajstić information content (AvgIpc) is 3.41. The molecule has 0 aliphatic carbocycles. The number of halogens is 1. The van der Waals surface area contributed by atoms with Gasteiger partial charge < -0.3 is 28.2 Å². The first-order chi connectivity index (χ1) is 16.0. The highest BCUT2D eigenvalue weighted by atomic mass is 79.9. The van der Waals surface area contributed by atoms with Crippen LogP contribution in [0.1, 0.15) is 35.5 Å². The van der Waals surface area contributed by atoms with Crippen molar-refractivity contribution >= 4 is 44.5 Å². The molecule has 2 aromatic carbocycles. The maximum absolute atomic E-state index is 12.3. The molecule has 9 nitrogen and oxygen atoms in total. The third-order valence-electron chi connectivity index (χ3n) is 4.77. The smallest absolute Gasteiger partial charge is 0.374 e. The molecular weight excluding hydrogens is 498 g/mol. The van der Waals surface area contributed by atoms with Crippen molar-refractivity contribution in [3.05, 3.63) is 57.8 Å². The minimum absolute atomic E-state index is 0.00431. The molecule has 2 heterocycles. The number of furan rings is 1. The van der Waals surface area contributed by atoms with E-state index in [0.29, 0.717) is 33.7 Å². The predicted octanol–water partition coefficient (Wildman–Crippen LogP) is 4.58. The summed E-state index contributed by atoms with van der Waals surface area (Å²) in [6, 6.07) is 10.6. The van der Waals surface area contributed by atoms with Crippen LogP contribution in [0.2, 0.25) is 0 Å². The van der Waals surface area contributed by atoms with Crippen molar-refractivity contribution in [2.24, 2.45) is 5.16 Å². The zero-order valence-electron chi connectivity index (χ0n) is 17.9. The summed E-state index contributed by atoms with van der Waals surface area (Å²) in [5.41, 5.74) is 2.21. The summed E-state index contributed by atoms with van der Waals surface area (Å²) in [5, 5.41) is 4.59. The van der Waals surface area contributed by atoms with Crippen LogP contribution in [0, 0.1) is 0 Å². The number of ether oxygens (including phenoxy) is 4. The van der Waals surface area contributed by atoms with Crippen molar-refractivity contribution in [1.29, 1.82) is 0 Å². The van der Waals surface area contributed by atoms with Gasteiger partial charge in [0, 0.05) is 15.4 Å². The van der Waals surface area contributed by atoms with Gasteiger partial charge in [0.05, 0.1) is 17.9 Å². The topological polar surface area (TPSA) is 106 Å². The van der Waals surface area contributed by atoms with Crippen molar-refractivity contribution in [3.8, 4) is 11.5 Å². The number of fused-ring (bicyclic) bond motifs is 2. The van der Waals surface area contributed by atoms with E-state index in [1.54, 1.807) is 44.2 Å². The van der Waals surface area contributed by atoms with Gasteiger partial charge in [-0.1, -0.05) is 21.1 Å². The average molecular weight is 518 g/mol. The summed E-state index contributed by atoms with van der Waals surface area (Å²) in [4.78, 5) is 29.6. The summed E-state index contributed by atoms with van der Waals surface area (Å²) < 4.78 is 27.4. The summed E-state index contributed by atoms with van der Waals surface area (Å²) in [7, 11) is 0. The molecule has 0 saturated carbocycles.